The Morgan fingerprint density at radius 1 is 1.31 bits per heavy atom. The lowest BCUT2D eigenvalue weighted by Gasteiger charge is -1.94. The van der Waals surface area contributed by atoms with E-state index in [1.54, 1.807) is 17.8 Å². The fraction of sp³-hybridized carbons (Fsp3) is 0. The van der Waals surface area contributed by atoms with Gasteiger partial charge in [-0.15, -0.1) is 0 Å². The minimum absolute atomic E-state index is 0.621. The van der Waals surface area contributed by atoms with E-state index < -0.39 is 0 Å². The zero-order chi connectivity index (χ0) is 9.10. The molecule has 2 aromatic rings. The lowest BCUT2D eigenvalue weighted by Crippen LogP contribution is -1.80. The molecule has 4 heteroatoms. The van der Waals surface area contributed by atoms with Crippen LogP contribution in [0.25, 0.3) is 11.3 Å². The molecule has 0 fully saturated rings. The number of hydrogen-bond donors (Lipinski definition) is 0. The van der Waals surface area contributed by atoms with E-state index in [-0.39, 0.29) is 0 Å². The molecule has 0 bridgehead atoms. The monoisotopic (exact) mass is 187 g/mol. The van der Waals surface area contributed by atoms with E-state index >= 15 is 0 Å². The summed E-state index contributed by atoms with van der Waals surface area (Å²) >= 11 is 1.29. The average molecular weight is 187 g/mol. The van der Waals surface area contributed by atoms with E-state index in [0.29, 0.717) is 5.56 Å². The summed E-state index contributed by atoms with van der Waals surface area (Å²) < 4.78 is 4.15. The van der Waals surface area contributed by atoms with E-state index in [1.807, 2.05) is 12.1 Å². The Kier molecular flexibility index (Phi) is 2.02. The maximum atomic E-state index is 8.77. The van der Waals surface area contributed by atoms with Gasteiger partial charge < -0.3 is 0 Å². The summed E-state index contributed by atoms with van der Waals surface area (Å²) in [4.78, 5) is 3.90. The Hall–Kier alpha value is -1.73. The summed E-state index contributed by atoms with van der Waals surface area (Å²) in [5.41, 5.74) is 2.30. The van der Waals surface area contributed by atoms with Crippen LogP contribution in [0, 0.1) is 11.3 Å². The standard InChI is InChI=1S/C9H5N3S/c10-5-8-6-13-12-9(8)7-1-3-11-4-2-7/h1-4,6H. The second-order valence-electron chi connectivity index (χ2n) is 2.42. The summed E-state index contributed by atoms with van der Waals surface area (Å²) in [7, 11) is 0. The molecule has 2 aromatic heterocycles. The third-order valence-corrected chi connectivity index (χ3v) is 2.27. The van der Waals surface area contributed by atoms with Gasteiger partial charge in [0.25, 0.3) is 0 Å². The molecule has 62 valence electrons. The second kappa shape index (κ2) is 3.33. The van der Waals surface area contributed by atoms with Gasteiger partial charge in [-0.2, -0.15) is 9.64 Å². The van der Waals surface area contributed by atoms with Crippen molar-refractivity contribution >= 4 is 11.5 Å². The highest BCUT2D eigenvalue weighted by molar-refractivity contribution is 7.04. The summed E-state index contributed by atoms with van der Waals surface area (Å²) in [6.07, 6.45) is 3.38. The quantitative estimate of drug-likeness (QED) is 0.686. The molecule has 0 radical (unpaired) electrons. The molecule has 0 aliphatic rings. The topological polar surface area (TPSA) is 49.6 Å². The minimum Gasteiger partial charge on any atom is -0.265 e. The van der Waals surface area contributed by atoms with Crippen molar-refractivity contribution in [3.8, 4) is 17.3 Å². The van der Waals surface area contributed by atoms with E-state index in [9.17, 15) is 0 Å². The van der Waals surface area contributed by atoms with E-state index in [2.05, 4.69) is 15.4 Å². The van der Waals surface area contributed by atoms with Gasteiger partial charge in [-0.1, -0.05) is 0 Å². The molecule has 3 nitrogen and oxygen atoms in total. The van der Waals surface area contributed by atoms with Crippen molar-refractivity contribution in [1.82, 2.24) is 9.36 Å². The fourth-order valence-electron chi connectivity index (χ4n) is 1.03. The largest absolute Gasteiger partial charge is 0.265 e. The lowest BCUT2D eigenvalue weighted by molar-refractivity contribution is 1.32. The van der Waals surface area contributed by atoms with Gasteiger partial charge in [-0.05, 0) is 23.7 Å². The van der Waals surface area contributed by atoms with Crippen LogP contribution in [0.3, 0.4) is 0 Å². The number of aromatic nitrogens is 2. The first-order chi connectivity index (χ1) is 6.42. The number of nitrogens with zero attached hydrogens (tertiary/aromatic N) is 3. The maximum Gasteiger partial charge on any atom is 0.102 e. The molecule has 0 aliphatic carbocycles. The van der Waals surface area contributed by atoms with Crippen molar-refractivity contribution in [2.75, 3.05) is 0 Å². The molecule has 0 saturated carbocycles. The number of pyridine rings is 1. The third-order valence-electron chi connectivity index (χ3n) is 1.64. The van der Waals surface area contributed by atoms with Crippen LogP contribution in [0.4, 0.5) is 0 Å². The first-order valence-corrected chi connectivity index (χ1v) is 4.50. The number of hydrogen-bond acceptors (Lipinski definition) is 4. The van der Waals surface area contributed by atoms with Crippen molar-refractivity contribution in [1.29, 1.82) is 5.26 Å². The zero-order valence-electron chi connectivity index (χ0n) is 6.64. The summed E-state index contributed by atoms with van der Waals surface area (Å²) in [6.45, 7) is 0. The van der Waals surface area contributed by atoms with Crippen molar-refractivity contribution in [2.24, 2.45) is 0 Å². The Morgan fingerprint density at radius 3 is 2.77 bits per heavy atom. The highest BCUT2D eigenvalue weighted by atomic mass is 32.1. The number of rotatable bonds is 1. The van der Waals surface area contributed by atoms with Gasteiger partial charge in [0.15, 0.2) is 0 Å². The Labute approximate surface area is 79.5 Å². The predicted molar refractivity (Wildman–Crippen MR) is 50.1 cm³/mol. The molecular weight excluding hydrogens is 182 g/mol. The molecule has 0 aliphatic heterocycles. The molecule has 0 spiro atoms. The molecule has 0 unspecified atom stereocenters. The zero-order valence-corrected chi connectivity index (χ0v) is 7.45. The summed E-state index contributed by atoms with van der Waals surface area (Å²) in [5, 5.41) is 10.5. The molecular formula is C9H5N3S. The minimum atomic E-state index is 0.621. The summed E-state index contributed by atoms with van der Waals surface area (Å²) in [6, 6.07) is 5.79. The van der Waals surface area contributed by atoms with Gasteiger partial charge in [0.2, 0.25) is 0 Å². The van der Waals surface area contributed by atoms with Gasteiger partial charge in [-0.25, -0.2) is 0 Å². The van der Waals surface area contributed by atoms with Crippen molar-refractivity contribution in [3.63, 3.8) is 0 Å². The molecule has 0 atom stereocenters. The first kappa shape index (κ1) is 7.90. The van der Waals surface area contributed by atoms with Gasteiger partial charge >= 0.3 is 0 Å². The lowest BCUT2D eigenvalue weighted by atomic mass is 10.1. The summed E-state index contributed by atoms with van der Waals surface area (Å²) in [5.74, 6) is 0. The average Bonchev–Trinajstić information content (AvgIpc) is 2.67. The molecule has 0 saturated heterocycles. The normalized spacial score (nSPS) is 9.46. The van der Waals surface area contributed by atoms with Crippen LogP contribution in [0.2, 0.25) is 0 Å². The van der Waals surface area contributed by atoms with Crippen LogP contribution in [-0.2, 0) is 0 Å². The van der Waals surface area contributed by atoms with Gasteiger partial charge in [0.05, 0.1) is 5.56 Å². The fourth-order valence-corrected chi connectivity index (χ4v) is 1.67. The predicted octanol–water partition coefficient (Wildman–Crippen LogP) is 2.08. The Balaban J connectivity index is 2.54. The van der Waals surface area contributed by atoms with Gasteiger partial charge in [0, 0.05) is 23.3 Å². The van der Waals surface area contributed by atoms with Gasteiger partial charge in [-0.3, -0.25) is 4.98 Å². The Morgan fingerprint density at radius 2 is 2.08 bits per heavy atom. The molecule has 0 amide bonds. The van der Waals surface area contributed by atoms with Crippen LogP contribution in [0.1, 0.15) is 5.56 Å². The van der Waals surface area contributed by atoms with E-state index in [1.165, 1.54) is 11.5 Å². The number of nitriles is 1. The second-order valence-corrected chi connectivity index (χ2v) is 3.05. The van der Waals surface area contributed by atoms with Crippen molar-refractivity contribution < 1.29 is 0 Å². The molecule has 0 N–H and O–H groups in total. The smallest absolute Gasteiger partial charge is 0.102 e. The first-order valence-electron chi connectivity index (χ1n) is 3.66. The van der Waals surface area contributed by atoms with Crippen molar-refractivity contribution in [2.45, 2.75) is 0 Å². The molecule has 13 heavy (non-hydrogen) atoms. The van der Waals surface area contributed by atoms with Crippen LogP contribution < -0.4 is 0 Å². The molecule has 2 heterocycles. The maximum absolute atomic E-state index is 8.77. The highest BCUT2D eigenvalue weighted by Gasteiger charge is 2.06. The van der Waals surface area contributed by atoms with Gasteiger partial charge in [0.1, 0.15) is 11.8 Å². The van der Waals surface area contributed by atoms with Crippen LogP contribution in [0.15, 0.2) is 29.9 Å². The SMILES string of the molecule is N#Cc1csnc1-c1ccncc1. The van der Waals surface area contributed by atoms with E-state index in [4.69, 9.17) is 5.26 Å². The van der Waals surface area contributed by atoms with Crippen LogP contribution in [-0.4, -0.2) is 9.36 Å². The van der Waals surface area contributed by atoms with Crippen molar-refractivity contribution in [3.05, 3.63) is 35.5 Å². The third kappa shape index (κ3) is 1.42. The molecule has 0 aromatic carbocycles. The van der Waals surface area contributed by atoms with E-state index in [0.717, 1.165) is 11.3 Å². The highest BCUT2D eigenvalue weighted by Crippen LogP contribution is 2.22. The van der Waals surface area contributed by atoms with Crippen LogP contribution in [0.5, 0.6) is 0 Å². The Bertz CT molecular complexity index is 441. The molecule has 2 rings (SSSR count). The van der Waals surface area contributed by atoms with Crippen LogP contribution >= 0.6 is 11.5 Å².